The lowest BCUT2D eigenvalue weighted by atomic mass is 10.1. The third-order valence-electron chi connectivity index (χ3n) is 4.92. The predicted octanol–water partition coefficient (Wildman–Crippen LogP) is 6.52. The summed E-state index contributed by atoms with van der Waals surface area (Å²) in [6, 6.07) is 11.2. The smallest absolute Gasteiger partial charge is 0.435 e. The molecule has 2 aromatic heterocycles. The van der Waals surface area contributed by atoms with Crippen LogP contribution in [0, 0.1) is 5.82 Å². The van der Waals surface area contributed by atoms with Gasteiger partial charge in [-0.1, -0.05) is 17.7 Å². The van der Waals surface area contributed by atoms with Crippen molar-refractivity contribution in [3.63, 3.8) is 0 Å². The van der Waals surface area contributed by atoms with Gasteiger partial charge in [-0.15, -0.1) is 0 Å². The second kappa shape index (κ2) is 7.98. The average Bonchev–Trinajstić information content (AvgIpc) is 3.30. The summed E-state index contributed by atoms with van der Waals surface area (Å²) in [4.78, 5) is 12.7. The number of rotatable bonds is 3. The highest BCUT2D eigenvalue weighted by Gasteiger charge is 2.34. The Balaban J connectivity index is 1.93. The van der Waals surface area contributed by atoms with Gasteiger partial charge in [-0.3, -0.25) is 4.68 Å². The Morgan fingerprint density at radius 2 is 1.84 bits per heavy atom. The van der Waals surface area contributed by atoms with Crippen molar-refractivity contribution in [2.75, 3.05) is 6.61 Å². The number of hydrogen-bond donors (Lipinski definition) is 0. The number of carbonyl (C=O) groups is 1. The van der Waals surface area contributed by atoms with Crippen molar-refractivity contribution < 1.29 is 27.1 Å². The molecule has 32 heavy (non-hydrogen) atoms. The molecule has 0 saturated carbocycles. The predicted molar refractivity (Wildman–Crippen MR) is 112 cm³/mol. The van der Waals surface area contributed by atoms with Crippen molar-refractivity contribution in [2.45, 2.75) is 13.1 Å². The van der Waals surface area contributed by atoms with Gasteiger partial charge in [0.25, 0.3) is 0 Å². The molecule has 2 heterocycles. The summed E-state index contributed by atoms with van der Waals surface area (Å²) in [5.74, 6) is -0.593. The monoisotopic (exact) mass is 465 g/mol. The molecule has 0 spiro atoms. The average molecular weight is 466 g/mol. The molecule has 0 saturated heterocycles. The summed E-state index contributed by atoms with van der Waals surface area (Å²) in [7, 11) is 1.41. The molecule has 4 rings (SSSR count). The number of nitrogens with zero attached hydrogens (tertiary/aromatic N) is 3. The molecule has 5 nitrogen and oxygen atoms in total. The Morgan fingerprint density at radius 1 is 1.09 bits per heavy atom. The minimum Gasteiger partial charge on any atom is -0.449 e. The molecule has 0 atom stereocenters. The van der Waals surface area contributed by atoms with Crippen LogP contribution in [0.15, 0.2) is 48.5 Å². The summed E-state index contributed by atoms with van der Waals surface area (Å²) >= 11 is 6.03. The molecule has 10 heteroatoms. The van der Waals surface area contributed by atoms with E-state index < -0.39 is 23.8 Å². The number of aryl methyl sites for hydroxylation is 1. The van der Waals surface area contributed by atoms with E-state index in [1.165, 1.54) is 29.8 Å². The van der Waals surface area contributed by atoms with Gasteiger partial charge >= 0.3 is 12.3 Å². The molecule has 0 N–H and O–H groups in total. The largest absolute Gasteiger partial charge is 0.449 e. The first-order chi connectivity index (χ1) is 15.1. The first-order valence-corrected chi connectivity index (χ1v) is 9.87. The van der Waals surface area contributed by atoms with Gasteiger partial charge < -0.3 is 4.74 Å². The number of ether oxygens (including phenoxy) is 1. The van der Waals surface area contributed by atoms with Crippen molar-refractivity contribution in [3.05, 3.63) is 65.1 Å². The van der Waals surface area contributed by atoms with E-state index in [1.54, 1.807) is 31.2 Å². The van der Waals surface area contributed by atoms with Gasteiger partial charge in [0, 0.05) is 28.6 Å². The van der Waals surface area contributed by atoms with Gasteiger partial charge in [0.1, 0.15) is 5.82 Å². The van der Waals surface area contributed by atoms with E-state index in [9.17, 15) is 22.4 Å². The van der Waals surface area contributed by atoms with E-state index in [0.29, 0.717) is 16.5 Å². The molecule has 4 aromatic rings. The fourth-order valence-electron chi connectivity index (χ4n) is 3.53. The lowest BCUT2D eigenvalue weighted by Crippen LogP contribution is -2.14. The highest BCUT2D eigenvalue weighted by atomic mass is 35.5. The summed E-state index contributed by atoms with van der Waals surface area (Å²) in [6.07, 6.45) is -5.30. The molecule has 0 aliphatic heterocycles. The number of alkyl halides is 3. The normalized spacial score (nSPS) is 11.8. The standard InChI is InChI=1S/C22H16ClF4N3O2/c1-3-32-21(31)30-17-7-4-12(18-11-20(22(25,26)27)28-29(18)2)8-13(17)9-19(30)15-10-14(23)5-6-16(15)24/h4-11H,3H2,1-2H3. The van der Waals surface area contributed by atoms with Crippen molar-refractivity contribution in [3.8, 4) is 22.5 Å². The fraction of sp³-hybridized carbons (Fsp3) is 0.182. The molecular weight excluding hydrogens is 450 g/mol. The number of halogens is 5. The molecular formula is C22H16ClF4N3O2. The zero-order chi connectivity index (χ0) is 23.2. The Labute approximate surface area is 184 Å². The second-order valence-electron chi connectivity index (χ2n) is 7.00. The minimum atomic E-state index is -4.58. The number of benzene rings is 2. The van der Waals surface area contributed by atoms with E-state index in [0.717, 1.165) is 10.7 Å². The van der Waals surface area contributed by atoms with Crippen molar-refractivity contribution in [1.29, 1.82) is 0 Å². The first-order valence-electron chi connectivity index (χ1n) is 9.49. The minimum absolute atomic E-state index is 0.0863. The van der Waals surface area contributed by atoms with Gasteiger partial charge in [0.15, 0.2) is 5.69 Å². The van der Waals surface area contributed by atoms with Gasteiger partial charge in [-0.05, 0) is 49.4 Å². The van der Waals surface area contributed by atoms with Gasteiger partial charge in [-0.25, -0.2) is 13.8 Å². The van der Waals surface area contributed by atoms with Crippen LogP contribution in [-0.2, 0) is 18.0 Å². The maximum absolute atomic E-state index is 14.6. The maximum atomic E-state index is 14.6. The van der Waals surface area contributed by atoms with Crippen LogP contribution in [0.2, 0.25) is 5.02 Å². The number of carbonyl (C=O) groups excluding carboxylic acids is 1. The van der Waals surface area contributed by atoms with Crippen molar-refractivity contribution in [2.24, 2.45) is 7.05 Å². The Bertz CT molecular complexity index is 1340. The van der Waals surface area contributed by atoms with Crippen molar-refractivity contribution in [1.82, 2.24) is 14.3 Å². The maximum Gasteiger partial charge on any atom is 0.435 e. The van der Waals surface area contributed by atoms with Crippen LogP contribution in [0.4, 0.5) is 22.4 Å². The summed E-state index contributed by atoms with van der Waals surface area (Å²) < 4.78 is 61.2. The quantitative estimate of drug-likeness (QED) is 0.323. The van der Waals surface area contributed by atoms with Gasteiger partial charge in [0.05, 0.1) is 23.5 Å². The van der Waals surface area contributed by atoms with Crippen molar-refractivity contribution >= 4 is 28.6 Å². The molecule has 166 valence electrons. The highest BCUT2D eigenvalue weighted by Crippen LogP contribution is 2.36. The topological polar surface area (TPSA) is 49.1 Å². The molecule has 0 aliphatic rings. The van der Waals surface area contributed by atoms with Gasteiger partial charge in [0.2, 0.25) is 0 Å². The lowest BCUT2D eigenvalue weighted by Gasteiger charge is -2.10. The van der Waals surface area contributed by atoms with E-state index >= 15 is 0 Å². The zero-order valence-corrected chi connectivity index (χ0v) is 17.6. The Hall–Kier alpha value is -3.33. The molecule has 0 radical (unpaired) electrons. The van der Waals surface area contributed by atoms with Crippen LogP contribution in [0.1, 0.15) is 12.6 Å². The van der Waals surface area contributed by atoms with Crippen LogP contribution >= 0.6 is 11.6 Å². The molecule has 0 aliphatic carbocycles. The Morgan fingerprint density at radius 3 is 2.50 bits per heavy atom. The third-order valence-corrected chi connectivity index (χ3v) is 5.16. The van der Waals surface area contributed by atoms with Crippen LogP contribution in [0.3, 0.4) is 0 Å². The number of hydrogen-bond acceptors (Lipinski definition) is 3. The molecule has 0 amide bonds. The number of aromatic nitrogens is 3. The third kappa shape index (κ3) is 3.84. The number of fused-ring (bicyclic) bond motifs is 1. The molecule has 2 aromatic carbocycles. The second-order valence-corrected chi connectivity index (χ2v) is 7.43. The Kier molecular flexibility index (Phi) is 5.46. The fourth-order valence-corrected chi connectivity index (χ4v) is 3.70. The zero-order valence-electron chi connectivity index (χ0n) is 16.9. The van der Waals surface area contributed by atoms with Crippen LogP contribution in [-0.4, -0.2) is 27.0 Å². The van der Waals surface area contributed by atoms with Gasteiger partial charge in [-0.2, -0.15) is 18.3 Å². The van der Waals surface area contributed by atoms with E-state index in [1.807, 2.05) is 0 Å². The highest BCUT2D eigenvalue weighted by molar-refractivity contribution is 6.30. The molecule has 0 bridgehead atoms. The molecule has 0 unspecified atom stereocenters. The summed E-state index contributed by atoms with van der Waals surface area (Å²) in [5, 5.41) is 4.31. The summed E-state index contributed by atoms with van der Waals surface area (Å²) in [6.45, 7) is 1.74. The van der Waals surface area contributed by atoms with E-state index in [-0.39, 0.29) is 28.6 Å². The summed E-state index contributed by atoms with van der Waals surface area (Å²) in [5.41, 5.74) is 0.362. The SMILES string of the molecule is CCOC(=O)n1c(-c2cc(Cl)ccc2F)cc2cc(-c3cc(C(F)(F)F)nn3C)ccc21. The first kappa shape index (κ1) is 21.9. The van der Waals surface area contributed by atoms with E-state index in [4.69, 9.17) is 16.3 Å². The molecule has 0 fully saturated rings. The van der Waals surface area contributed by atoms with Crippen LogP contribution in [0.5, 0.6) is 0 Å². The van der Waals surface area contributed by atoms with Crippen LogP contribution < -0.4 is 0 Å². The van der Waals surface area contributed by atoms with E-state index in [2.05, 4.69) is 5.10 Å². The lowest BCUT2D eigenvalue weighted by molar-refractivity contribution is -0.141. The van der Waals surface area contributed by atoms with Crippen LogP contribution in [0.25, 0.3) is 33.4 Å².